The van der Waals surface area contributed by atoms with Gasteiger partial charge in [-0.3, -0.25) is 0 Å². The highest BCUT2D eigenvalue weighted by molar-refractivity contribution is 5.77. The second-order valence-corrected chi connectivity index (χ2v) is 7.23. The van der Waals surface area contributed by atoms with E-state index in [-0.39, 0.29) is 0 Å². The topological polar surface area (TPSA) is 6.48 Å². The van der Waals surface area contributed by atoms with Crippen molar-refractivity contribution < 1.29 is 0 Å². The Bertz CT molecular complexity index is 841. The van der Waals surface area contributed by atoms with Crippen molar-refractivity contribution >= 4 is 11.4 Å². The third kappa shape index (κ3) is 2.96. The van der Waals surface area contributed by atoms with Crippen molar-refractivity contribution in [2.45, 2.75) is 40.0 Å². The summed E-state index contributed by atoms with van der Waals surface area (Å²) in [5, 5.41) is 0. The molecule has 132 valence electrons. The molecule has 0 unspecified atom stereocenters. The van der Waals surface area contributed by atoms with Crippen LogP contribution in [0.25, 0.3) is 0 Å². The molecule has 0 N–H and O–H groups in total. The Labute approximate surface area is 156 Å². The number of hydrogen-bond donors (Lipinski definition) is 0. The summed E-state index contributed by atoms with van der Waals surface area (Å²) in [6.07, 6.45) is 0.326. The SMILES string of the molecule is Cc1ccccc1CN1c2ccccc2N(Cc2ccccc2C)C1C. The van der Waals surface area contributed by atoms with Crippen LogP contribution >= 0.6 is 0 Å². The second-order valence-electron chi connectivity index (χ2n) is 7.23. The number of anilines is 2. The van der Waals surface area contributed by atoms with E-state index >= 15 is 0 Å². The number of aryl methyl sites for hydroxylation is 2. The molecule has 1 aliphatic rings. The molecule has 26 heavy (non-hydrogen) atoms. The lowest BCUT2D eigenvalue weighted by Gasteiger charge is -2.31. The van der Waals surface area contributed by atoms with E-state index in [0.717, 1.165) is 13.1 Å². The molecule has 1 aliphatic heterocycles. The molecule has 1 heterocycles. The average Bonchev–Trinajstić information content (AvgIpc) is 2.91. The summed E-state index contributed by atoms with van der Waals surface area (Å²) >= 11 is 0. The molecule has 0 saturated heterocycles. The molecular formula is C24H26N2. The lowest BCUT2D eigenvalue weighted by Crippen LogP contribution is -2.40. The van der Waals surface area contributed by atoms with Crippen LogP contribution in [0.3, 0.4) is 0 Å². The number of hydrogen-bond acceptors (Lipinski definition) is 2. The lowest BCUT2D eigenvalue weighted by atomic mass is 10.1. The Morgan fingerprint density at radius 1 is 0.615 bits per heavy atom. The van der Waals surface area contributed by atoms with Crippen molar-refractivity contribution in [2.24, 2.45) is 0 Å². The highest BCUT2D eigenvalue weighted by Crippen LogP contribution is 2.41. The molecule has 0 saturated carbocycles. The third-order valence-corrected chi connectivity index (χ3v) is 5.61. The van der Waals surface area contributed by atoms with E-state index in [4.69, 9.17) is 0 Å². The molecule has 0 bridgehead atoms. The molecule has 3 aromatic rings. The monoisotopic (exact) mass is 342 g/mol. The van der Waals surface area contributed by atoms with Crippen molar-refractivity contribution in [3.63, 3.8) is 0 Å². The first-order valence-electron chi connectivity index (χ1n) is 9.36. The van der Waals surface area contributed by atoms with E-state index in [1.165, 1.54) is 33.6 Å². The Balaban J connectivity index is 1.68. The molecule has 0 amide bonds. The molecule has 3 aromatic carbocycles. The van der Waals surface area contributed by atoms with Gasteiger partial charge in [-0.15, -0.1) is 0 Å². The number of nitrogens with zero attached hydrogens (tertiary/aromatic N) is 2. The highest BCUT2D eigenvalue weighted by Gasteiger charge is 2.32. The summed E-state index contributed by atoms with van der Waals surface area (Å²) in [4.78, 5) is 5.05. The van der Waals surface area contributed by atoms with Crippen molar-refractivity contribution in [3.05, 3.63) is 95.1 Å². The minimum Gasteiger partial charge on any atom is -0.345 e. The Morgan fingerprint density at radius 2 is 1.00 bits per heavy atom. The van der Waals surface area contributed by atoms with Gasteiger partial charge in [-0.25, -0.2) is 0 Å². The van der Waals surface area contributed by atoms with Crippen LogP contribution in [0.15, 0.2) is 72.8 Å². The molecule has 2 heteroatoms. The van der Waals surface area contributed by atoms with Crippen molar-refractivity contribution in [3.8, 4) is 0 Å². The van der Waals surface area contributed by atoms with Gasteiger partial charge in [-0.1, -0.05) is 60.7 Å². The molecule has 0 spiro atoms. The van der Waals surface area contributed by atoms with Gasteiger partial charge >= 0.3 is 0 Å². The van der Waals surface area contributed by atoms with Gasteiger partial charge in [0, 0.05) is 13.1 Å². The molecule has 0 aromatic heterocycles. The summed E-state index contributed by atoms with van der Waals surface area (Å²) in [6, 6.07) is 26.2. The van der Waals surface area contributed by atoms with Crippen molar-refractivity contribution in [1.29, 1.82) is 0 Å². The van der Waals surface area contributed by atoms with Crippen LogP contribution in [-0.4, -0.2) is 6.17 Å². The van der Waals surface area contributed by atoms with Gasteiger partial charge in [-0.2, -0.15) is 0 Å². The van der Waals surface area contributed by atoms with Gasteiger partial charge in [0.2, 0.25) is 0 Å². The summed E-state index contributed by atoms with van der Waals surface area (Å²) in [5.74, 6) is 0. The first-order chi connectivity index (χ1) is 12.6. The van der Waals surface area contributed by atoms with E-state index in [2.05, 4.69) is 103 Å². The zero-order valence-electron chi connectivity index (χ0n) is 15.8. The zero-order chi connectivity index (χ0) is 18.1. The molecular weight excluding hydrogens is 316 g/mol. The first kappa shape index (κ1) is 16.7. The highest BCUT2D eigenvalue weighted by atomic mass is 15.4. The third-order valence-electron chi connectivity index (χ3n) is 5.61. The van der Waals surface area contributed by atoms with E-state index < -0.39 is 0 Å². The number of para-hydroxylation sites is 2. The molecule has 0 fully saturated rings. The summed E-state index contributed by atoms with van der Waals surface area (Å²) < 4.78 is 0. The maximum Gasteiger partial charge on any atom is 0.0995 e. The average molecular weight is 342 g/mol. The molecule has 0 radical (unpaired) electrons. The van der Waals surface area contributed by atoms with Crippen LogP contribution in [-0.2, 0) is 13.1 Å². The van der Waals surface area contributed by atoms with Crippen LogP contribution in [0.2, 0.25) is 0 Å². The van der Waals surface area contributed by atoms with E-state index in [9.17, 15) is 0 Å². The minimum atomic E-state index is 0.326. The largest absolute Gasteiger partial charge is 0.345 e. The zero-order valence-corrected chi connectivity index (χ0v) is 15.8. The van der Waals surface area contributed by atoms with Crippen LogP contribution in [0.1, 0.15) is 29.2 Å². The predicted octanol–water partition coefficient (Wildman–Crippen LogP) is 5.68. The van der Waals surface area contributed by atoms with Gasteiger partial charge in [0.15, 0.2) is 0 Å². The van der Waals surface area contributed by atoms with E-state index in [1.54, 1.807) is 0 Å². The van der Waals surface area contributed by atoms with Gasteiger partial charge in [-0.05, 0) is 55.2 Å². The van der Waals surface area contributed by atoms with Crippen LogP contribution < -0.4 is 9.80 Å². The van der Waals surface area contributed by atoms with E-state index in [1.807, 2.05) is 0 Å². The molecule has 0 aliphatic carbocycles. The molecule has 2 nitrogen and oxygen atoms in total. The normalized spacial score (nSPS) is 14.0. The predicted molar refractivity (Wildman–Crippen MR) is 111 cm³/mol. The fourth-order valence-corrected chi connectivity index (χ4v) is 3.90. The summed E-state index contributed by atoms with van der Waals surface area (Å²) in [7, 11) is 0. The number of fused-ring (bicyclic) bond motifs is 1. The fourth-order valence-electron chi connectivity index (χ4n) is 3.90. The van der Waals surface area contributed by atoms with Gasteiger partial charge in [0.1, 0.15) is 0 Å². The summed E-state index contributed by atoms with van der Waals surface area (Å²) in [6.45, 7) is 8.60. The van der Waals surface area contributed by atoms with Gasteiger partial charge in [0.05, 0.1) is 17.5 Å². The standard InChI is InChI=1S/C24H26N2/c1-18-10-4-6-12-21(18)16-25-20(3)26(24-15-9-8-14-23(24)25)17-22-13-7-5-11-19(22)2/h4-15,20H,16-17H2,1-3H3. The maximum absolute atomic E-state index is 2.52. The Morgan fingerprint density at radius 3 is 1.42 bits per heavy atom. The number of benzene rings is 3. The second kappa shape index (κ2) is 6.87. The van der Waals surface area contributed by atoms with E-state index in [0.29, 0.717) is 6.17 Å². The summed E-state index contributed by atoms with van der Waals surface area (Å²) in [5.41, 5.74) is 8.16. The van der Waals surface area contributed by atoms with Crippen LogP contribution in [0.5, 0.6) is 0 Å². The van der Waals surface area contributed by atoms with Gasteiger partial charge < -0.3 is 9.80 Å². The van der Waals surface area contributed by atoms with Crippen LogP contribution in [0.4, 0.5) is 11.4 Å². The first-order valence-corrected chi connectivity index (χ1v) is 9.36. The quantitative estimate of drug-likeness (QED) is 0.602. The molecule has 0 atom stereocenters. The Hall–Kier alpha value is -2.74. The van der Waals surface area contributed by atoms with Crippen molar-refractivity contribution in [2.75, 3.05) is 9.80 Å². The van der Waals surface area contributed by atoms with Gasteiger partial charge in [0.25, 0.3) is 0 Å². The van der Waals surface area contributed by atoms with Crippen LogP contribution in [0, 0.1) is 13.8 Å². The molecule has 4 rings (SSSR count). The lowest BCUT2D eigenvalue weighted by molar-refractivity contribution is 0.615. The van der Waals surface area contributed by atoms with Crippen molar-refractivity contribution in [1.82, 2.24) is 0 Å². The number of rotatable bonds is 4. The fraction of sp³-hybridized carbons (Fsp3) is 0.250. The smallest absolute Gasteiger partial charge is 0.0995 e. The minimum absolute atomic E-state index is 0.326. The maximum atomic E-state index is 2.52. The Kier molecular flexibility index (Phi) is 4.42.